The lowest BCUT2D eigenvalue weighted by Crippen LogP contribution is -2.49. The van der Waals surface area contributed by atoms with Crippen LogP contribution in [-0.2, 0) is 4.79 Å². The molecule has 11 heteroatoms. The fourth-order valence-electron chi connectivity index (χ4n) is 3.69. The van der Waals surface area contributed by atoms with Gasteiger partial charge in [0.05, 0.1) is 32.8 Å². The number of para-hydroxylation sites is 1. The molecule has 184 valence electrons. The fourth-order valence-corrected chi connectivity index (χ4v) is 3.69. The number of fused-ring (bicyclic) bond motifs is 1. The molecule has 3 aromatic rings. The molecule has 0 spiro atoms. The highest BCUT2D eigenvalue weighted by molar-refractivity contribution is 5.91. The number of aromatic nitrogens is 2. The zero-order valence-corrected chi connectivity index (χ0v) is 20.0. The Balaban J connectivity index is 0.00000204. The molecule has 1 aliphatic heterocycles. The van der Waals surface area contributed by atoms with Crippen LogP contribution in [0.2, 0.25) is 0 Å². The van der Waals surface area contributed by atoms with Gasteiger partial charge in [0.1, 0.15) is 11.6 Å². The highest BCUT2D eigenvalue weighted by Gasteiger charge is 2.23. The van der Waals surface area contributed by atoms with Crippen molar-refractivity contribution in [2.45, 2.75) is 6.42 Å². The lowest BCUT2D eigenvalue weighted by Gasteiger charge is -2.35. The molecule has 1 saturated heterocycles. The molecule has 1 amide bonds. The highest BCUT2D eigenvalue weighted by atomic mass is 35.5. The van der Waals surface area contributed by atoms with Crippen LogP contribution >= 0.6 is 12.4 Å². The van der Waals surface area contributed by atoms with E-state index in [1.54, 1.807) is 26.4 Å². The lowest BCUT2D eigenvalue weighted by molar-refractivity contribution is -0.132. The molecule has 4 N–H and O–H groups in total. The summed E-state index contributed by atoms with van der Waals surface area (Å²) in [7, 11) is 3.15. The van der Waals surface area contributed by atoms with Crippen LogP contribution in [0.3, 0.4) is 0 Å². The summed E-state index contributed by atoms with van der Waals surface area (Å²) in [5.41, 5.74) is 6.89. The molecule has 2 aromatic carbocycles. The number of amides is 1. The number of anilines is 2. The van der Waals surface area contributed by atoms with Crippen LogP contribution < -0.4 is 24.8 Å². The molecule has 0 aliphatic carbocycles. The second-order valence-electron chi connectivity index (χ2n) is 7.41. The topological polar surface area (TPSA) is 135 Å². The summed E-state index contributed by atoms with van der Waals surface area (Å²) < 4.78 is 16.4. The van der Waals surface area contributed by atoms with E-state index in [1.807, 2.05) is 40.1 Å². The average Bonchev–Trinajstić information content (AvgIpc) is 2.84. The Morgan fingerprint density at radius 1 is 1.00 bits per heavy atom. The first-order chi connectivity index (χ1) is 15.6. The number of nitrogen functional groups attached to an aromatic ring is 1. The number of rotatable bonds is 7. The molecule has 1 aromatic heterocycles. The van der Waals surface area contributed by atoms with Gasteiger partial charge in [-0.05, 0) is 18.2 Å². The minimum absolute atomic E-state index is 0. The third-order valence-electron chi connectivity index (χ3n) is 5.46. The largest absolute Gasteiger partial charge is 0.493 e. The predicted molar refractivity (Wildman–Crippen MR) is 133 cm³/mol. The first kappa shape index (κ1) is 26.7. The third-order valence-corrected chi connectivity index (χ3v) is 5.46. The van der Waals surface area contributed by atoms with Gasteiger partial charge in [-0.3, -0.25) is 4.79 Å². The first-order valence-corrected chi connectivity index (χ1v) is 10.5. The van der Waals surface area contributed by atoms with Gasteiger partial charge in [-0.25, -0.2) is 4.98 Å². The van der Waals surface area contributed by atoms with E-state index in [2.05, 4.69) is 9.97 Å². The monoisotopic (exact) mass is 491 g/mol. The Morgan fingerprint density at radius 2 is 1.65 bits per heavy atom. The van der Waals surface area contributed by atoms with Crippen LogP contribution in [0.25, 0.3) is 10.9 Å². The van der Waals surface area contributed by atoms with Crippen LogP contribution in [-0.4, -0.2) is 73.3 Å². The molecule has 2 heterocycles. The minimum Gasteiger partial charge on any atom is -0.493 e. The van der Waals surface area contributed by atoms with Gasteiger partial charge >= 0.3 is 0 Å². The molecular weight excluding hydrogens is 462 g/mol. The maximum Gasteiger partial charge on any atom is 0.228 e. The van der Waals surface area contributed by atoms with Crippen molar-refractivity contribution in [3.05, 3.63) is 42.5 Å². The minimum atomic E-state index is 0. The summed E-state index contributed by atoms with van der Waals surface area (Å²) in [6.07, 6.45) is 0.343. The summed E-state index contributed by atoms with van der Waals surface area (Å²) >= 11 is 0. The van der Waals surface area contributed by atoms with E-state index in [0.717, 1.165) is 5.75 Å². The molecule has 0 atom stereocenters. The Labute approximate surface area is 204 Å². The van der Waals surface area contributed by atoms with E-state index in [-0.39, 0.29) is 23.8 Å². The number of nitrogens with two attached hydrogens (primary N) is 1. The van der Waals surface area contributed by atoms with E-state index in [1.165, 1.54) is 0 Å². The quantitative estimate of drug-likeness (QED) is 0.529. The lowest BCUT2D eigenvalue weighted by atomic mass is 10.2. The Kier molecular flexibility index (Phi) is 9.52. The number of hydrogen-bond donors (Lipinski definition) is 1. The zero-order chi connectivity index (χ0) is 22.5. The van der Waals surface area contributed by atoms with Crippen LogP contribution in [0.1, 0.15) is 6.42 Å². The molecule has 1 aliphatic rings. The van der Waals surface area contributed by atoms with Crippen molar-refractivity contribution in [3.63, 3.8) is 0 Å². The zero-order valence-electron chi connectivity index (χ0n) is 19.2. The summed E-state index contributed by atoms with van der Waals surface area (Å²) in [4.78, 5) is 25.6. The number of hydrogen-bond acceptors (Lipinski definition) is 8. The van der Waals surface area contributed by atoms with E-state index in [4.69, 9.17) is 19.9 Å². The number of halogens is 1. The Bertz CT molecular complexity index is 1090. The van der Waals surface area contributed by atoms with Gasteiger partial charge in [-0.2, -0.15) is 4.98 Å². The molecule has 0 saturated carbocycles. The number of nitrogens with zero attached hydrogens (tertiary/aromatic N) is 4. The number of carbonyl (C=O) groups is 1. The van der Waals surface area contributed by atoms with E-state index in [0.29, 0.717) is 73.4 Å². The predicted octanol–water partition coefficient (Wildman–Crippen LogP) is 1.94. The molecule has 34 heavy (non-hydrogen) atoms. The number of carbonyl (C=O) groups excluding carboxylic acids is 1. The highest BCUT2D eigenvalue weighted by Crippen LogP contribution is 2.34. The summed E-state index contributed by atoms with van der Waals surface area (Å²) in [5.74, 6) is 2.93. The molecule has 0 unspecified atom stereocenters. The van der Waals surface area contributed by atoms with Crippen LogP contribution in [0, 0.1) is 0 Å². The van der Waals surface area contributed by atoms with Crippen molar-refractivity contribution in [1.29, 1.82) is 0 Å². The van der Waals surface area contributed by atoms with E-state index in [9.17, 15) is 4.79 Å². The third kappa shape index (κ3) is 5.89. The van der Waals surface area contributed by atoms with Gasteiger partial charge in [-0.15, -0.1) is 12.4 Å². The van der Waals surface area contributed by atoms with Gasteiger partial charge < -0.3 is 35.2 Å². The maximum atomic E-state index is 12.5. The van der Waals surface area contributed by atoms with Crippen LogP contribution in [0.15, 0.2) is 42.5 Å². The van der Waals surface area contributed by atoms with Gasteiger partial charge in [0.2, 0.25) is 11.9 Å². The van der Waals surface area contributed by atoms with Crippen molar-refractivity contribution in [1.82, 2.24) is 14.9 Å². The van der Waals surface area contributed by atoms with Gasteiger partial charge in [0.25, 0.3) is 0 Å². The van der Waals surface area contributed by atoms with Crippen molar-refractivity contribution in [2.24, 2.45) is 0 Å². The standard InChI is InChI=1S/C23H27N5O4.ClH.H2O/c1-30-19-14-17-18(15-20(19)31-2)25-23(26-22(17)24)28-11-9-27(10-12-28)21(29)8-13-32-16-6-4-3-5-7-16;;/h3-7,14-15H,8-13H2,1-2H3,(H2,24,25,26);1H;1H2. The number of methoxy groups -OCH3 is 2. The van der Waals surface area contributed by atoms with E-state index < -0.39 is 0 Å². The molecule has 4 rings (SSSR count). The summed E-state index contributed by atoms with van der Waals surface area (Å²) in [6.45, 7) is 2.81. The first-order valence-electron chi connectivity index (χ1n) is 10.5. The van der Waals surface area contributed by atoms with Crippen molar-refractivity contribution < 1.29 is 24.5 Å². The average molecular weight is 492 g/mol. The van der Waals surface area contributed by atoms with Crippen molar-refractivity contribution in [3.8, 4) is 17.2 Å². The van der Waals surface area contributed by atoms with Crippen LogP contribution in [0.4, 0.5) is 11.8 Å². The summed E-state index contributed by atoms with van der Waals surface area (Å²) in [5, 5.41) is 0.707. The van der Waals surface area contributed by atoms with Gasteiger partial charge in [0.15, 0.2) is 11.5 Å². The Morgan fingerprint density at radius 3 is 2.29 bits per heavy atom. The molecule has 1 fully saturated rings. The number of piperazine rings is 1. The molecule has 10 nitrogen and oxygen atoms in total. The summed E-state index contributed by atoms with van der Waals surface area (Å²) in [6, 6.07) is 13.1. The second-order valence-corrected chi connectivity index (χ2v) is 7.41. The molecule has 0 radical (unpaired) electrons. The SMILES string of the molecule is COc1cc2nc(N3CCN(C(=O)CCOc4ccccc4)CC3)nc(N)c2cc1OC.Cl.O. The normalized spacial score (nSPS) is 13.0. The van der Waals surface area contributed by atoms with Crippen molar-refractivity contribution >= 4 is 41.0 Å². The molecular formula is C23H30ClN5O5. The number of benzene rings is 2. The Hall–Kier alpha value is -3.50. The van der Waals surface area contributed by atoms with Gasteiger partial charge in [0, 0.05) is 37.6 Å². The number of ether oxygens (including phenoxy) is 3. The molecule has 0 bridgehead atoms. The van der Waals surface area contributed by atoms with Crippen molar-refractivity contribution in [2.75, 3.05) is 57.6 Å². The van der Waals surface area contributed by atoms with Crippen LogP contribution in [0.5, 0.6) is 17.2 Å². The maximum absolute atomic E-state index is 12.5. The van der Waals surface area contributed by atoms with Gasteiger partial charge in [-0.1, -0.05) is 18.2 Å². The fraction of sp³-hybridized carbons (Fsp3) is 0.348. The smallest absolute Gasteiger partial charge is 0.228 e. The van der Waals surface area contributed by atoms with E-state index >= 15 is 0 Å². The second kappa shape index (κ2) is 12.1.